The zero-order valence-electron chi connectivity index (χ0n) is 14.0. The van der Waals surface area contributed by atoms with Gasteiger partial charge in [-0.2, -0.15) is 0 Å². The molecule has 3 fully saturated rings. The Morgan fingerprint density at radius 3 is 2.57 bits per heavy atom. The van der Waals surface area contributed by atoms with Crippen molar-refractivity contribution in [3.8, 4) is 0 Å². The van der Waals surface area contributed by atoms with Crippen LogP contribution in [0.15, 0.2) is 0 Å². The van der Waals surface area contributed by atoms with E-state index in [-0.39, 0.29) is 11.7 Å². The second kappa shape index (κ2) is 5.91. The van der Waals surface area contributed by atoms with Gasteiger partial charge in [0.25, 0.3) is 0 Å². The van der Waals surface area contributed by atoms with Gasteiger partial charge >= 0.3 is 0 Å². The van der Waals surface area contributed by atoms with Crippen LogP contribution in [0.2, 0.25) is 0 Å². The molecule has 0 aromatic rings. The van der Waals surface area contributed by atoms with E-state index in [1.54, 1.807) is 0 Å². The van der Waals surface area contributed by atoms with E-state index in [0.29, 0.717) is 17.9 Å². The fourth-order valence-electron chi connectivity index (χ4n) is 4.89. The first-order chi connectivity index (χ1) is 10.1. The molecule has 3 rings (SSSR count). The molecule has 1 saturated heterocycles. The molecule has 1 N–H and O–H groups in total. The fourth-order valence-corrected chi connectivity index (χ4v) is 4.89. The molecule has 0 radical (unpaired) electrons. The van der Waals surface area contributed by atoms with Gasteiger partial charge in [0, 0.05) is 6.04 Å². The zero-order chi connectivity index (χ0) is 15.0. The highest BCUT2D eigenvalue weighted by atomic mass is 16.2. The molecule has 1 aliphatic heterocycles. The van der Waals surface area contributed by atoms with Crippen LogP contribution < -0.4 is 5.32 Å². The van der Waals surface area contributed by atoms with E-state index >= 15 is 0 Å². The summed E-state index contributed by atoms with van der Waals surface area (Å²) in [5.41, 5.74) is -0.200. The van der Waals surface area contributed by atoms with Crippen LogP contribution in [0, 0.1) is 11.8 Å². The van der Waals surface area contributed by atoms with Gasteiger partial charge in [-0.05, 0) is 37.5 Å². The summed E-state index contributed by atoms with van der Waals surface area (Å²) < 4.78 is 0. The highest BCUT2D eigenvalue weighted by molar-refractivity contribution is 5.89. The number of amides is 1. The SMILES string of the molecule is CCC1CCCC(N2C(=O)C3(CCCC3)NC2C(C)C)C1. The second-order valence-corrected chi connectivity index (χ2v) is 7.93. The normalized spacial score (nSPS) is 36.1. The van der Waals surface area contributed by atoms with Crippen molar-refractivity contribution in [2.75, 3.05) is 0 Å². The Hall–Kier alpha value is -0.570. The minimum atomic E-state index is -0.200. The molecule has 1 spiro atoms. The summed E-state index contributed by atoms with van der Waals surface area (Å²) in [6.45, 7) is 6.81. The predicted octanol–water partition coefficient (Wildman–Crippen LogP) is 3.68. The van der Waals surface area contributed by atoms with Crippen LogP contribution in [0.1, 0.15) is 78.6 Å². The molecule has 2 aliphatic carbocycles. The van der Waals surface area contributed by atoms with E-state index in [9.17, 15) is 4.79 Å². The number of nitrogens with one attached hydrogen (secondary N) is 1. The molecule has 0 bridgehead atoms. The smallest absolute Gasteiger partial charge is 0.244 e. The van der Waals surface area contributed by atoms with Gasteiger partial charge in [-0.15, -0.1) is 0 Å². The second-order valence-electron chi connectivity index (χ2n) is 7.93. The molecule has 3 unspecified atom stereocenters. The van der Waals surface area contributed by atoms with Gasteiger partial charge in [0.2, 0.25) is 5.91 Å². The number of carbonyl (C=O) groups is 1. The highest BCUT2D eigenvalue weighted by Crippen LogP contribution is 2.41. The first-order valence-corrected chi connectivity index (χ1v) is 9.18. The van der Waals surface area contributed by atoms with E-state index in [1.807, 2.05) is 0 Å². The Kier molecular flexibility index (Phi) is 4.31. The van der Waals surface area contributed by atoms with E-state index < -0.39 is 0 Å². The zero-order valence-corrected chi connectivity index (χ0v) is 14.0. The Labute approximate surface area is 129 Å². The number of carbonyl (C=O) groups excluding carboxylic acids is 1. The molecule has 3 aliphatic rings. The summed E-state index contributed by atoms with van der Waals surface area (Å²) in [5, 5.41) is 3.77. The van der Waals surface area contributed by atoms with Crippen molar-refractivity contribution in [3.63, 3.8) is 0 Å². The van der Waals surface area contributed by atoms with E-state index in [1.165, 1.54) is 44.9 Å². The fraction of sp³-hybridized carbons (Fsp3) is 0.944. The average Bonchev–Trinajstić information content (AvgIpc) is 3.06. The Morgan fingerprint density at radius 2 is 1.95 bits per heavy atom. The molecule has 120 valence electrons. The van der Waals surface area contributed by atoms with Crippen LogP contribution in [0.3, 0.4) is 0 Å². The molecule has 1 amide bonds. The third-order valence-electron chi connectivity index (χ3n) is 6.18. The van der Waals surface area contributed by atoms with Crippen LogP contribution >= 0.6 is 0 Å². The van der Waals surface area contributed by atoms with Crippen LogP contribution in [-0.2, 0) is 4.79 Å². The standard InChI is InChI=1S/C18H32N2O/c1-4-14-8-7-9-15(12-14)20-16(13(2)3)19-18(17(20)21)10-5-6-11-18/h13-16,19H,4-12H2,1-3H3. The summed E-state index contributed by atoms with van der Waals surface area (Å²) in [6.07, 6.45) is 11.1. The number of rotatable bonds is 3. The lowest BCUT2D eigenvalue weighted by atomic mass is 9.83. The third kappa shape index (κ3) is 2.62. The molecule has 3 nitrogen and oxygen atoms in total. The molecule has 3 atom stereocenters. The monoisotopic (exact) mass is 292 g/mol. The first kappa shape index (κ1) is 15.3. The van der Waals surface area contributed by atoms with Crippen LogP contribution in [0.5, 0.6) is 0 Å². The quantitative estimate of drug-likeness (QED) is 0.860. The first-order valence-electron chi connectivity index (χ1n) is 9.18. The molecule has 0 aromatic carbocycles. The maximum absolute atomic E-state index is 13.2. The third-order valence-corrected chi connectivity index (χ3v) is 6.18. The molecule has 1 heterocycles. The number of hydrogen-bond acceptors (Lipinski definition) is 2. The number of nitrogens with zero attached hydrogens (tertiary/aromatic N) is 1. The molecule has 2 saturated carbocycles. The summed E-state index contributed by atoms with van der Waals surface area (Å²) in [6, 6.07) is 0.482. The van der Waals surface area contributed by atoms with E-state index in [2.05, 4.69) is 31.0 Å². The van der Waals surface area contributed by atoms with Crippen LogP contribution in [0.25, 0.3) is 0 Å². The van der Waals surface area contributed by atoms with Crippen molar-refractivity contribution >= 4 is 5.91 Å². The number of hydrogen-bond donors (Lipinski definition) is 1. The largest absolute Gasteiger partial charge is 0.322 e. The van der Waals surface area contributed by atoms with Crippen molar-refractivity contribution < 1.29 is 4.79 Å². The molecular weight excluding hydrogens is 260 g/mol. The maximum atomic E-state index is 13.2. The summed E-state index contributed by atoms with van der Waals surface area (Å²) in [5.74, 6) is 1.75. The average molecular weight is 292 g/mol. The minimum absolute atomic E-state index is 0.200. The predicted molar refractivity (Wildman–Crippen MR) is 85.8 cm³/mol. The Balaban J connectivity index is 1.82. The molecular formula is C18H32N2O. The van der Waals surface area contributed by atoms with Gasteiger partial charge in [0.1, 0.15) is 0 Å². The molecule has 21 heavy (non-hydrogen) atoms. The van der Waals surface area contributed by atoms with Gasteiger partial charge in [-0.25, -0.2) is 0 Å². The lowest BCUT2D eigenvalue weighted by Gasteiger charge is -2.39. The summed E-state index contributed by atoms with van der Waals surface area (Å²) >= 11 is 0. The summed E-state index contributed by atoms with van der Waals surface area (Å²) in [4.78, 5) is 15.5. The highest BCUT2D eigenvalue weighted by Gasteiger charge is 2.54. The summed E-state index contributed by atoms with van der Waals surface area (Å²) in [7, 11) is 0. The Bertz CT molecular complexity index is 387. The van der Waals surface area contributed by atoms with Crippen molar-refractivity contribution in [1.29, 1.82) is 0 Å². The molecule has 0 aromatic heterocycles. The minimum Gasteiger partial charge on any atom is -0.322 e. The van der Waals surface area contributed by atoms with Crippen molar-refractivity contribution in [2.45, 2.75) is 96.3 Å². The van der Waals surface area contributed by atoms with Crippen LogP contribution in [-0.4, -0.2) is 28.6 Å². The van der Waals surface area contributed by atoms with Gasteiger partial charge in [0.05, 0.1) is 11.7 Å². The topological polar surface area (TPSA) is 32.3 Å². The van der Waals surface area contributed by atoms with Gasteiger partial charge < -0.3 is 4.90 Å². The van der Waals surface area contributed by atoms with Gasteiger partial charge in [0.15, 0.2) is 0 Å². The molecule has 3 heteroatoms. The maximum Gasteiger partial charge on any atom is 0.244 e. The van der Waals surface area contributed by atoms with Crippen LogP contribution in [0.4, 0.5) is 0 Å². The van der Waals surface area contributed by atoms with Crippen molar-refractivity contribution in [1.82, 2.24) is 10.2 Å². The van der Waals surface area contributed by atoms with Crippen molar-refractivity contribution in [2.24, 2.45) is 11.8 Å². The van der Waals surface area contributed by atoms with Crippen molar-refractivity contribution in [3.05, 3.63) is 0 Å². The van der Waals surface area contributed by atoms with E-state index in [0.717, 1.165) is 18.8 Å². The Morgan fingerprint density at radius 1 is 1.24 bits per heavy atom. The van der Waals surface area contributed by atoms with Gasteiger partial charge in [-0.1, -0.05) is 52.9 Å². The van der Waals surface area contributed by atoms with Gasteiger partial charge in [-0.3, -0.25) is 10.1 Å². The van der Waals surface area contributed by atoms with E-state index in [4.69, 9.17) is 0 Å². The lowest BCUT2D eigenvalue weighted by Crippen LogP contribution is -2.49. The lowest BCUT2D eigenvalue weighted by molar-refractivity contribution is -0.136.